The maximum Gasteiger partial charge on any atom is 0.338 e. The summed E-state index contributed by atoms with van der Waals surface area (Å²) in [4.78, 5) is 10.7. The number of sulfonamides is 1. The number of benzene rings is 2. The van der Waals surface area contributed by atoms with Crippen molar-refractivity contribution in [2.45, 2.75) is 11.4 Å². The molecule has 0 aliphatic carbocycles. The van der Waals surface area contributed by atoms with Crippen LogP contribution in [-0.4, -0.2) is 30.8 Å². The Balaban J connectivity index is 2.34. The molecule has 0 bridgehead atoms. The van der Waals surface area contributed by atoms with E-state index in [-0.39, 0.29) is 11.4 Å². The molecule has 0 spiro atoms. The van der Waals surface area contributed by atoms with Gasteiger partial charge in [-0.25, -0.2) is 17.6 Å². The van der Waals surface area contributed by atoms with Gasteiger partial charge in [-0.3, -0.25) is 0 Å². The standard InChI is InChI=1S/C15H14FNO4S/c1-17(10-11-5-3-2-4-6-11)22(20,21)12-7-8-14(16)13(9-12)15(18)19/h2-9H,10H2,1H3,(H,18,19). The third-order valence-corrected chi connectivity index (χ3v) is 4.92. The highest BCUT2D eigenvalue weighted by Gasteiger charge is 2.23. The first-order valence-corrected chi connectivity index (χ1v) is 7.79. The van der Waals surface area contributed by atoms with Gasteiger partial charge in [0.1, 0.15) is 5.82 Å². The van der Waals surface area contributed by atoms with Crippen molar-refractivity contribution in [3.8, 4) is 0 Å². The summed E-state index contributed by atoms with van der Waals surface area (Å²) < 4.78 is 39.3. The molecule has 0 aliphatic rings. The van der Waals surface area contributed by atoms with Crippen molar-refractivity contribution in [2.75, 3.05) is 7.05 Å². The lowest BCUT2D eigenvalue weighted by Gasteiger charge is -2.17. The number of hydrogen-bond donors (Lipinski definition) is 1. The molecule has 2 aromatic carbocycles. The molecule has 2 aromatic rings. The SMILES string of the molecule is CN(Cc1ccccc1)S(=O)(=O)c1ccc(F)c(C(=O)O)c1. The lowest BCUT2D eigenvalue weighted by molar-refractivity contribution is 0.0691. The number of carboxylic acid groups (broad SMARTS) is 1. The number of carbonyl (C=O) groups is 1. The molecule has 1 N–H and O–H groups in total. The Bertz CT molecular complexity index is 790. The van der Waals surface area contributed by atoms with Gasteiger partial charge >= 0.3 is 5.97 Å². The summed E-state index contributed by atoms with van der Waals surface area (Å²) in [5.74, 6) is -2.49. The molecular formula is C15H14FNO4S. The molecule has 0 unspecified atom stereocenters. The second kappa shape index (κ2) is 6.25. The summed E-state index contributed by atoms with van der Waals surface area (Å²) in [6.45, 7) is 0.128. The first kappa shape index (κ1) is 16.1. The number of rotatable bonds is 5. The van der Waals surface area contributed by atoms with E-state index in [2.05, 4.69) is 0 Å². The van der Waals surface area contributed by atoms with Crippen LogP contribution in [0.15, 0.2) is 53.4 Å². The molecule has 0 saturated carbocycles. The molecule has 22 heavy (non-hydrogen) atoms. The van der Waals surface area contributed by atoms with E-state index < -0.39 is 27.4 Å². The quantitative estimate of drug-likeness (QED) is 0.916. The molecule has 0 heterocycles. The van der Waals surface area contributed by atoms with Gasteiger partial charge in [-0.15, -0.1) is 0 Å². The lowest BCUT2D eigenvalue weighted by atomic mass is 10.2. The Morgan fingerprint density at radius 2 is 1.82 bits per heavy atom. The van der Waals surface area contributed by atoms with Gasteiger partial charge in [-0.1, -0.05) is 30.3 Å². The molecule has 0 aromatic heterocycles. The third kappa shape index (κ3) is 3.32. The van der Waals surface area contributed by atoms with Gasteiger partial charge in [0.2, 0.25) is 10.0 Å². The highest BCUT2D eigenvalue weighted by molar-refractivity contribution is 7.89. The van der Waals surface area contributed by atoms with Crippen molar-refractivity contribution < 1.29 is 22.7 Å². The Morgan fingerprint density at radius 1 is 1.18 bits per heavy atom. The summed E-state index contributed by atoms with van der Waals surface area (Å²) in [5, 5.41) is 8.88. The number of halogens is 1. The van der Waals surface area contributed by atoms with Crippen LogP contribution < -0.4 is 0 Å². The first-order valence-electron chi connectivity index (χ1n) is 6.35. The molecule has 0 fully saturated rings. The van der Waals surface area contributed by atoms with Crippen LogP contribution in [0.4, 0.5) is 4.39 Å². The fraction of sp³-hybridized carbons (Fsp3) is 0.133. The number of nitrogens with zero attached hydrogens (tertiary/aromatic N) is 1. The second-order valence-corrected chi connectivity index (χ2v) is 6.74. The van der Waals surface area contributed by atoms with Gasteiger partial charge in [0.05, 0.1) is 10.5 Å². The van der Waals surface area contributed by atoms with Crippen molar-refractivity contribution >= 4 is 16.0 Å². The maximum absolute atomic E-state index is 13.4. The predicted molar refractivity (Wildman–Crippen MR) is 78.5 cm³/mol. The van der Waals surface area contributed by atoms with Crippen molar-refractivity contribution in [2.24, 2.45) is 0 Å². The van der Waals surface area contributed by atoms with E-state index >= 15 is 0 Å². The Morgan fingerprint density at radius 3 is 2.41 bits per heavy atom. The number of hydrogen-bond acceptors (Lipinski definition) is 3. The van der Waals surface area contributed by atoms with E-state index in [1.54, 1.807) is 24.3 Å². The van der Waals surface area contributed by atoms with Gasteiger partial charge in [-0.05, 0) is 23.8 Å². The van der Waals surface area contributed by atoms with Crippen molar-refractivity contribution in [3.63, 3.8) is 0 Å². The van der Waals surface area contributed by atoms with Gasteiger partial charge < -0.3 is 5.11 Å². The Labute approximate surface area is 127 Å². The fourth-order valence-corrected chi connectivity index (χ4v) is 3.12. The summed E-state index contributed by atoms with van der Waals surface area (Å²) in [6.07, 6.45) is 0. The van der Waals surface area contributed by atoms with Crippen LogP contribution in [0, 0.1) is 5.82 Å². The minimum absolute atomic E-state index is 0.128. The second-order valence-electron chi connectivity index (χ2n) is 4.69. The van der Waals surface area contributed by atoms with E-state index in [1.807, 2.05) is 6.07 Å². The molecular weight excluding hydrogens is 309 g/mol. The summed E-state index contributed by atoms with van der Waals surface area (Å²) >= 11 is 0. The zero-order chi connectivity index (χ0) is 16.3. The Kier molecular flexibility index (Phi) is 4.58. The molecule has 2 rings (SSSR count). The molecule has 5 nitrogen and oxygen atoms in total. The minimum atomic E-state index is -3.91. The number of aromatic carboxylic acids is 1. The average Bonchev–Trinajstić information content (AvgIpc) is 2.48. The largest absolute Gasteiger partial charge is 0.478 e. The van der Waals surface area contributed by atoms with E-state index in [1.165, 1.54) is 7.05 Å². The summed E-state index contributed by atoms with van der Waals surface area (Å²) in [7, 11) is -2.53. The summed E-state index contributed by atoms with van der Waals surface area (Å²) in [6, 6.07) is 11.7. The third-order valence-electron chi connectivity index (χ3n) is 3.12. The summed E-state index contributed by atoms with van der Waals surface area (Å²) in [5.41, 5.74) is 0.114. The van der Waals surface area contributed by atoms with Gasteiger partial charge in [-0.2, -0.15) is 4.31 Å². The van der Waals surface area contributed by atoms with Crippen LogP contribution in [-0.2, 0) is 16.6 Å². The highest BCUT2D eigenvalue weighted by Crippen LogP contribution is 2.20. The normalized spacial score (nSPS) is 11.6. The molecule has 116 valence electrons. The Hall–Kier alpha value is -2.25. The van der Waals surface area contributed by atoms with Crippen LogP contribution >= 0.6 is 0 Å². The van der Waals surface area contributed by atoms with E-state index in [9.17, 15) is 17.6 Å². The van der Waals surface area contributed by atoms with Crippen LogP contribution in [0.5, 0.6) is 0 Å². The van der Waals surface area contributed by atoms with E-state index in [4.69, 9.17) is 5.11 Å². The average molecular weight is 323 g/mol. The topological polar surface area (TPSA) is 74.7 Å². The van der Waals surface area contributed by atoms with Crippen LogP contribution in [0.25, 0.3) is 0 Å². The van der Waals surface area contributed by atoms with Crippen molar-refractivity contribution in [1.82, 2.24) is 4.31 Å². The predicted octanol–water partition coefficient (Wildman–Crippen LogP) is 2.34. The van der Waals surface area contributed by atoms with Crippen LogP contribution in [0.1, 0.15) is 15.9 Å². The highest BCUT2D eigenvalue weighted by atomic mass is 32.2. The molecule has 0 aliphatic heterocycles. The van der Waals surface area contributed by atoms with Gasteiger partial charge in [0.25, 0.3) is 0 Å². The molecule has 7 heteroatoms. The van der Waals surface area contributed by atoms with Crippen molar-refractivity contribution in [3.05, 3.63) is 65.5 Å². The zero-order valence-electron chi connectivity index (χ0n) is 11.7. The fourth-order valence-electron chi connectivity index (χ4n) is 1.93. The van der Waals surface area contributed by atoms with E-state index in [0.717, 1.165) is 28.1 Å². The van der Waals surface area contributed by atoms with Gasteiger partial charge in [0, 0.05) is 13.6 Å². The van der Waals surface area contributed by atoms with Gasteiger partial charge in [0.15, 0.2) is 0 Å². The molecule has 0 amide bonds. The molecule has 0 saturated heterocycles. The smallest absolute Gasteiger partial charge is 0.338 e. The maximum atomic E-state index is 13.4. The van der Waals surface area contributed by atoms with Crippen LogP contribution in [0.3, 0.4) is 0 Å². The van der Waals surface area contributed by atoms with Crippen molar-refractivity contribution in [1.29, 1.82) is 0 Å². The molecule has 0 radical (unpaired) electrons. The number of carboxylic acids is 1. The van der Waals surface area contributed by atoms with E-state index in [0.29, 0.717) is 0 Å². The monoisotopic (exact) mass is 323 g/mol. The first-order chi connectivity index (χ1) is 10.3. The lowest BCUT2D eigenvalue weighted by Crippen LogP contribution is -2.26. The van der Waals surface area contributed by atoms with Crippen LogP contribution in [0.2, 0.25) is 0 Å². The zero-order valence-corrected chi connectivity index (χ0v) is 12.5. The minimum Gasteiger partial charge on any atom is -0.478 e. The molecule has 0 atom stereocenters.